The van der Waals surface area contributed by atoms with Crippen LogP contribution < -0.4 is 0 Å². The number of aryl methyl sites for hydroxylation is 1. The third-order valence-corrected chi connectivity index (χ3v) is 3.00. The second-order valence-electron chi connectivity index (χ2n) is 2.57. The summed E-state index contributed by atoms with van der Waals surface area (Å²) < 4.78 is 0.823. The van der Waals surface area contributed by atoms with Crippen molar-refractivity contribution in [2.45, 2.75) is 26.7 Å². The van der Waals surface area contributed by atoms with Gasteiger partial charge in [-0.15, -0.1) is 11.3 Å². The van der Waals surface area contributed by atoms with E-state index in [0.29, 0.717) is 5.92 Å². The molecule has 1 aromatic rings. The van der Waals surface area contributed by atoms with Gasteiger partial charge in [-0.2, -0.15) is 0 Å². The lowest BCUT2D eigenvalue weighted by Crippen LogP contribution is -1.83. The monoisotopic (exact) mass is 175 g/mol. The van der Waals surface area contributed by atoms with Crippen LogP contribution in [0.4, 0.5) is 0 Å². The van der Waals surface area contributed by atoms with Crippen LogP contribution in [0.1, 0.15) is 30.5 Å². The summed E-state index contributed by atoms with van der Waals surface area (Å²) in [6.07, 6.45) is 0. The average molecular weight is 176 g/mol. The van der Waals surface area contributed by atoms with Crippen molar-refractivity contribution < 1.29 is 0 Å². The van der Waals surface area contributed by atoms with Crippen molar-refractivity contribution in [1.29, 1.82) is 0 Å². The van der Waals surface area contributed by atoms with Crippen molar-refractivity contribution in [2.75, 3.05) is 0 Å². The molecule has 1 aromatic heterocycles. The maximum Gasteiger partial charge on any atom is 0.116 e. The minimum absolute atomic E-state index is 0.496. The molecule has 0 atom stereocenters. The Morgan fingerprint density at radius 1 is 1.50 bits per heavy atom. The highest BCUT2D eigenvalue weighted by Gasteiger charge is 2.07. The summed E-state index contributed by atoms with van der Waals surface area (Å²) in [5.74, 6) is 0.496. The maximum absolute atomic E-state index is 5.83. The summed E-state index contributed by atoms with van der Waals surface area (Å²) in [5.41, 5.74) is 0.954. The molecule has 0 saturated heterocycles. The fraction of sp³-hybridized carbons (Fsp3) is 0.571. The molecule has 0 aliphatic carbocycles. The Balaban J connectivity index is 2.98. The average Bonchev–Trinajstić information content (AvgIpc) is 2.13. The van der Waals surface area contributed by atoms with Crippen LogP contribution >= 0.6 is 22.9 Å². The largest absolute Gasteiger partial charge is 0.245 e. The fourth-order valence-corrected chi connectivity index (χ4v) is 1.72. The summed E-state index contributed by atoms with van der Waals surface area (Å²) in [4.78, 5) is 4.30. The predicted molar refractivity (Wildman–Crippen MR) is 46.0 cm³/mol. The maximum atomic E-state index is 5.83. The molecule has 0 amide bonds. The van der Waals surface area contributed by atoms with Crippen LogP contribution in [0.2, 0.25) is 4.34 Å². The molecule has 1 nitrogen and oxygen atoms in total. The lowest BCUT2D eigenvalue weighted by atomic mass is 10.2. The van der Waals surface area contributed by atoms with Gasteiger partial charge in [-0.3, -0.25) is 0 Å². The number of nitrogens with zero attached hydrogens (tertiary/aromatic N) is 1. The van der Waals surface area contributed by atoms with Gasteiger partial charge in [-0.05, 0) is 6.92 Å². The number of thiazole rings is 1. The fourth-order valence-electron chi connectivity index (χ4n) is 0.645. The zero-order valence-corrected chi connectivity index (χ0v) is 7.88. The Hall–Kier alpha value is -0.0800. The van der Waals surface area contributed by atoms with Crippen LogP contribution in [-0.2, 0) is 0 Å². The first kappa shape index (κ1) is 8.02. The Kier molecular flexibility index (Phi) is 2.32. The van der Waals surface area contributed by atoms with Gasteiger partial charge in [0.25, 0.3) is 0 Å². The van der Waals surface area contributed by atoms with E-state index in [1.165, 1.54) is 0 Å². The highest BCUT2D eigenvalue weighted by atomic mass is 35.5. The molecule has 0 aliphatic rings. The van der Waals surface area contributed by atoms with Crippen molar-refractivity contribution in [2.24, 2.45) is 0 Å². The van der Waals surface area contributed by atoms with E-state index in [0.717, 1.165) is 15.0 Å². The van der Waals surface area contributed by atoms with E-state index in [1.807, 2.05) is 6.92 Å². The zero-order chi connectivity index (χ0) is 7.72. The summed E-state index contributed by atoms with van der Waals surface area (Å²) >= 11 is 7.41. The first-order valence-electron chi connectivity index (χ1n) is 3.24. The summed E-state index contributed by atoms with van der Waals surface area (Å²) in [6.45, 7) is 6.17. The van der Waals surface area contributed by atoms with Gasteiger partial charge in [-0.1, -0.05) is 25.4 Å². The van der Waals surface area contributed by atoms with E-state index >= 15 is 0 Å². The highest BCUT2D eigenvalue weighted by molar-refractivity contribution is 7.16. The van der Waals surface area contributed by atoms with Crippen LogP contribution in [0.5, 0.6) is 0 Å². The van der Waals surface area contributed by atoms with E-state index in [1.54, 1.807) is 11.3 Å². The van der Waals surface area contributed by atoms with Gasteiger partial charge in [0, 0.05) is 5.92 Å². The van der Waals surface area contributed by atoms with Gasteiger partial charge in [0.05, 0.1) is 10.7 Å². The molecule has 0 aliphatic heterocycles. The number of hydrogen-bond acceptors (Lipinski definition) is 2. The van der Waals surface area contributed by atoms with Gasteiger partial charge < -0.3 is 0 Å². The minimum Gasteiger partial charge on any atom is -0.245 e. The highest BCUT2D eigenvalue weighted by Crippen LogP contribution is 2.27. The Morgan fingerprint density at radius 2 is 2.10 bits per heavy atom. The predicted octanol–water partition coefficient (Wildman–Crippen LogP) is 3.23. The quantitative estimate of drug-likeness (QED) is 0.639. The molecule has 0 radical (unpaired) electrons. The lowest BCUT2D eigenvalue weighted by Gasteiger charge is -1.94. The molecule has 0 fully saturated rings. The Labute approximate surface area is 70.1 Å². The second-order valence-corrected chi connectivity index (χ2v) is 4.20. The lowest BCUT2D eigenvalue weighted by molar-refractivity contribution is 0.847. The summed E-state index contributed by atoms with van der Waals surface area (Å²) in [7, 11) is 0. The molecule has 0 aromatic carbocycles. The first-order chi connectivity index (χ1) is 4.61. The van der Waals surface area contributed by atoms with E-state index in [2.05, 4.69) is 18.8 Å². The molecule has 10 heavy (non-hydrogen) atoms. The van der Waals surface area contributed by atoms with Crippen molar-refractivity contribution >= 4 is 22.9 Å². The third-order valence-electron chi connectivity index (χ3n) is 1.25. The van der Waals surface area contributed by atoms with Crippen LogP contribution in [0, 0.1) is 6.92 Å². The number of halogens is 1. The van der Waals surface area contributed by atoms with Crippen molar-refractivity contribution in [1.82, 2.24) is 4.98 Å². The molecular formula is C7H10ClNS. The molecule has 3 heteroatoms. The van der Waals surface area contributed by atoms with Crippen LogP contribution in [0.15, 0.2) is 0 Å². The van der Waals surface area contributed by atoms with Crippen molar-refractivity contribution in [3.05, 3.63) is 15.0 Å². The molecule has 0 unspecified atom stereocenters. The van der Waals surface area contributed by atoms with E-state index in [-0.39, 0.29) is 0 Å². The van der Waals surface area contributed by atoms with E-state index in [9.17, 15) is 0 Å². The molecule has 0 N–H and O–H groups in total. The number of hydrogen-bond donors (Lipinski definition) is 0. The first-order valence-corrected chi connectivity index (χ1v) is 4.43. The minimum atomic E-state index is 0.496. The Bertz CT molecular complexity index is 210. The molecule has 0 bridgehead atoms. The molecular weight excluding hydrogens is 166 g/mol. The van der Waals surface area contributed by atoms with Gasteiger partial charge in [0.15, 0.2) is 0 Å². The van der Waals surface area contributed by atoms with E-state index < -0.39 is 0 Å². The SMILES string of the molecule is Cc1nc(C(C)C)sc1Cl. The summed E-state index contributed by atoms with van der Waals surface area (Å²) in [5, 5.41) is 1.13. The smallest absolute Gasteiger partial charge is 0.116 e. The Morgan fingerprint density at radius 3 is 2.30 bits per heavy atom. The standard InChI is InChI=1S/C7H10ClNS/c1-4(2)7-9-5(3)6(8)10-7/h4H,1-3H3. The zero-order valence-electron chi connectivity index (χ0n) is 6.31. The molecule has 1 rings (SSSR count). The molecule has 1 heterocycles. The van der Waals surface area contributed by atoms with Crippen LogP contribution in [0.3, 0.4) is 0 Å². The third kappa shape index (κ3) is 1.50. The van der Waals surface area contributed by atoms with Crippen molar-refractivity contribution in [3.8, 4) is 0 Å². The summed E-state index contributed by atoms with van der Waals surface area (Å²) in [6, 6.07) is 0. The van der Waals surface area contributed by atoms with Crippen LogP contribution in [-0.4, -0.2) is 4.98 Å². The van der Waals surface area contributed by atoms with Gasteiger partial charge in [-0.25, -0.2) is 4.98 Å². The van der Waals surface area contributed by atoms with Crippen molar-refractivity contribution in [3.63, 3.8) is 0 Å². The normalized spacial score (nSPS) is 10.9. The number of aromatic nitrogens is 1. The van der Waals surface area contributed by atoms with Crippen LogP contribution in [0.25, 0.3) is 0 Å². The van der Waals surface area contributed by atoms with Gasteiger partial charge >= 0.3 is 0 Å². The topological polar surface area (TPSA) is 12.9 Å². The number of rotatable bonds is 1. The molecule has 0 spiro atoms. The second kappa shape index (κ2) is 2.89. The van der Waals surface area contributed by atoms with Gasteiger partial charge in [0.1, 0.15) is 4.34 Å². The molecule has 56 valence electrons. The van der Waals surface area contributed by atoms with Gasteiger partial charge in [0.2, 0.25) is 0 Å². The molecule has 0 saturated carbocycles. The van der Waals surface area contributed by atoms with E-state index in [4.69, 9.17) is 11.6 Å².